The minimum atomic E-state index is -0.00865. The quantitative estimate of drug-likeness (QED) is 0.627. The van der Waals surface area contributed by atoms with Crippen molar-refractivity contribution in [1.82, 2.24) is 10.4 Å². The van der Waals surface area contributed by atoms with Crippen LogP contribution in [0, 0.1) is 6.92 Å². The molecule has 0 spiro atoms. The molecule has 2 atom stereocenters. The maximum absolute atomic E-state index is 5.77. The van der Waals surface area contributed by atoms with Crippen molar-refractivity contribution < 1.29 is 4.74 Å². The van der Waals surface area contributed by atoms with E-state index in [9.17, 15) is 0 Å². The van der Waals surface area contributed by atoms with Crippen molar-refractivity contribution in [2.24, 2.45) is 5.84 Å². The van der Waals surface area contributed by atoms with Crippen LogP contribution in [-0.4, -0.2) is 17.7 Å². The normalized spacial score (nSPS) is 14.4. The summed E-state index contributed by atoms with van der Waals surface area (Å²) in [5.41, 5.74) is 6.05. The molecule has 0 radical (unpaired) electrons. The van der Waals surface area contributed by atoms with Gasteiger partial charge in [-0.2, -0.15) is 0 Å². The SMILES string of the molecule is CCOC(CC)C(NN)c1ccc2nc(C)ccc2c1. The maximum atomic E-state index is 5.77. The minimum Gasteiger partial charge on any atom is -0.376 e. The van der Waals surface area contributed by atoms with Gasteiger partial charge >= 0.3 is 0 Å². The predicted octanol–water partition coefficient (Wildman–Crippen LogP) is 2.86. The Morgan fingerprint density at radius 2 is 2.05 bits per heavy atom. The molecule has 3 N–H and O–H groups in total. The number of rotatable bonds is 6. The fourth-order valence-corrected chi connectivity index (χ4v) is 2.52. The van der Waals surface area contributed by atoms with Gasteiger partial charge in [-0.05, 0) is 44.0 Å². The van der Waals surface area contributed by atoms with Gasteiger partial charge in [0, 0.05) is 17.7 Å². The number of ether oxygens (including phenoxy) is 1. The Morgan fingerprint density at radius 1 is 1.25 bits per heavy atom. The van der Waals surface area contributed by atoms with Crippen LogP contribution in [0.5, 0.6) is 0 Å². The molecule has 0 saturated carbocycles. The Bertz CT molecular complexity index is 571. The first-order valence-electron chi connectivity index (χ1n) is 7.14. The van der Waals surface area contributed by atoms with Crippen molar-refractivity contribution in [3.05, 3.63) is 41.6 Å². The summed E-state index contributed by atoms with van der Waals surface area (Å²) in [6.45, 7) is 6.80. The first-order valence-corrected chi connectivity index (χ1v) is 7.14. The summed E-state index contributed by atoms with van der Waals surface area (Å²) in [5.74, 6) is 5.73. The van der Waals surface area contributed by atoms with E-state index in [0.29, 0.717) is 6.61 Å². The summed E-state index contributed by atoms with van der Waals surface area (Å²) in [6, 6.07) is 10.4. The van der Waals surface area contributed by atoms with E-state index in [1.807, 2.05) is 26.0 Å². The van der Waals surface area contributed by atoms with E-state index in [1.165, 1.54) is 0 Å². The molecule has 108 valence electrons. The Hall–Kier alpha value is -1.49. The van der Waals surface area contributed by atoms with Crippen LogP contribution in [0.15, 0.2) is 30.3 Å². The highest BCUT2D eigenvalue weighted by Crippen LogP contribution is 2.24. The highest BCUT2D eigenvalue weighted by molar-refractivity contribution is 5.79. The van der Waals surface area contributed by atoms with Gasteiger partial charge in [0.25, 0.3) is 0 Å². The van der Waals surface area contributed by atoms with Crippen LogP contribution in [0.2, 0.25) is 0 Å². The van der Waals surface area contributed by atoms with Crippen LogP contribution in [0.25, 0.3) is 10.9 Å². The molecule has 1 heterocycles. The van der Waals surface area contributed by atoms with Crippen LogP contribution in [-0.2, 0) is 4.74 Å². The van der Waals surface area contributed by atoms with Crippen LogP contribution < -0.4 is 11.3 Å². The van der Waals surface area contributed by atoms with Crippen LogP contribution in [0.1, 0.15) is 37.6 Å². The van der Waals surface area contributed by atoms with E-state index in [1.54, 1.807) is 0 Å². The summed E-state index contributed by atoms with van der Waals surface area (Å²) < 4.78 is 5.77. The minimum absolute atomic E-state index is 0.00865. The lowest BCUT2D eigenvalue weighted by atomic mass is 9.98. The molecule has 2 rings (SSSR count). The lowest BCUT2D eigenvalue weighted by Crippen LogP contribution is -2.37. The molecule has 1 aromatic heterocycles. The molecule has 2 aromatic rings. The number of benzene rings is 1. The fraction of sp³-hybridized carbons (Fsp3) is 0.438. The van der Waals surface area contributed by atoms with Gasteiger partial charge in [0.1, 0.15) is 0 Å². The molecule has 4 nitrogen and oxygen atoms in total. The molecule has 0 amide bonds. The van der Waals surface area contributed by atoms with Crippen LogP contribution >= 0.6 is 0 Å². The summed E-state index contributed by atoms with van der Waals surface area (Å²) in [6.07, 6.45) is 0.980. The summed E-state index contributed by atoms with van der Waals surface area (Å²) in [5, 5.41) is 1.12. The second-order valence-electron chi connectivity index (χ2n) is 4.95. The zero-order chi connectivity index (χ0) is 14.5. The maximum Gasteiger partial charge on any atom is 0.0779 e. The van der Waals surface area contributed by atoms with Gasteiger partial charge in [-0.15, -0.1) is 0 Å². The number of fused-ring (bicyclic) bond motifs is 1. The van der Waals surface area contributed by atoms with Crippen molar-refractivity contribution in [3.8, 4) is 0 Å². The molecule has 0 fully saturated rings. The van der Waals surface area contributed by atoms with Gasteiger partial charge in [0.05, 0.1) is 17.7 Å². The number of nitrogens with two attached hydrogens (primary N) is 1. The van der Waals surface area contributed by atoms with Crippen molar-refractivity contribution in [1.29, 1.82) is 0 Å². The number of nitrogens with one attached hydrogen (secondary N) is 1. The standard InChI is InChI=1S/C16H23N3O/c1-4-15(20-5-2)16(19-17)13-8-9-14-12(10-13)7-6-11(3)18-14/h6-10,15-16,19H,4-5,17H2,1-3H3. The molecule has 0 aliphatic rings. The third kappa shape index (κ3) is 3.15. The topological polar surface area (TPSA) is 60.2 Å². The Morgan fingerprint density at radius 3 is 2.70 bits per heavy atom. The lowest BCUT2D eigenvalue weighted by molar-refractivity contribution is 0.0314. The number of pyridine rings is 1. The molecule has 0 bridgehead atoms. The van der Waals surface area contributed by atoms with Gasteiger partial charge in [-0.1, -0.05) is 19.1 Å². The van der Waals surface area contributed by atoms with E-state index in [2.05, 4.69) is 35.5 Å². The molecule has 0 saturated heterocycles. The van der Waals surface area contributed by atoms with E-state index in [4.69, 9.17) is 10.6 Å². The van der Waals surface area contributed by atoms with Crippen molar-refractivity contribution in [2.45, 2.75) is 39.3 Å². The third-order valence-corrected chi connectivity index (χ3v) is 3.55. The summed E-state index contributed by atoms with van der Waals surface area (Å²) in [7, 11) is 0. The Kier molecular flexibility index (Phi) is 5.06. The second kappa shape index (κ2) is 6.79. The smallest absolute Gasteiger partial charge is 0.0779 e. The second-order valence-corrected chi connectivity index (χ2v) is 4.95. The summed E-state index contributed by atoms with van der Waals surface area (Å²) in [4.78, 5) is 4.52. The van der Waals surface area contributed by atoms with E-state index < -0.39 is 0 Å². The molecular formula is C16H23N3O. The van der Waals surface area contributed by atoms with Gasteiger partial charge in [0.15, 0.2) is 0 Å². The number of hydrazine groups is 1. The third-order valence-electron chi connectivity index (χ3n) is 3.55. The monoisotopic (exact) mass is 273 g/mol. The van der Waals surface area contributed by atoms with Gasteiger partial charge in [-0.3, -0.25) is 16.3 Å². The number of hydrogen-bond acceptors (Lipinski definition) is 4. The first-order chi connectivity index (χ1) is 9.69. The molecule has 1 aromatic carbocycles. The average Bonchev–Trinajstić information content (AvgIpc) is 2.47. The zero-order valence-corrected chi connectivity index (χ0v) is 12.4. The average molecular weight is 273 g/mol. The highest BCUT2D eigenvalue weighted by atomic mass is 16.5. The van der Waals surface area contributed by atoms with Crippen molar-refractivity contribution >= 4 is 10.9 Å². The molecule has 4 heteroatoms. The highest BCUT2D eigenvalue weighted by Gasteiger charge is 2.21. The van der Waals surface area contributed by atoms with Gasteiger partial charge < -0.3 is 4.74 Å². The van der Waals surface area contributed by atoms with E-state index in [-0.39, 0.29) is 12.1 Å². The predicted molar refractivity (Wildman–Crippen MR) is 82.2 cm³/mol. The zero-order valence-electron chi connectivity index (χ0n) is 12.4. The molecule has 20 heavy (non-hydrogen) atoms. The largest absolute Gasteiger partial charge is 0.376 e. The van der Waals surface area contributed by atoms with Gasteiger partial charge in [-0.25, -0.2) is 0 Å². The van der Waals surface area contributed by atoms with Crippen molar-refractivity contribution in [2.75, 3.05) is 6.61 Å². The lowest BCUT2D eigenvalue weighted by Gasteiger charge is -2.26. The Balaban J connectivity index is 2.36. The fourth-order valence-electron chi connectivity index (χ4n) is 2.52. The molecular weight excluding hydrogens is 250 g/mol. The van der Waals surface area contributed by atoms with Gasteiger partial charge in [0.2, 0.25) is 0 Å². The number of aryl methyl sites for hydroxylation is 1. The first kappa shape index (κ1) is 14.9. The summed E-state index contributed by atoms with van der Waals surface area (Å²) >= 11 is 0. The van der Waals surface area contributed by atoms with E-state index in [0.717, 1.165) is 28.6 Å². The molecule has 2 unspecified atom stereocenters. The number of aromatic nitrogens is 1. The number of nitrogens with zero attached hydrogens (tertiary/aromatic N) is 1. The van der Waals surface area contributed by atoms with Crippen LogP contribution in [0.3, 0.4) is 0 Å². The Labute approximate surface area is 120 Å². The molecule has 0 aliphatic heterocycles. The van der Waals surface area contributed by atoms with Crippen LogP contribution in [0.4, 0.5) is 0 Å². The van der Waals surface area contributed by atoms with E-state index >= 15 is 0 Å². The molecule has 0 aliphatic carbocycles. The number of hydrogen-bond donors (Lipinski definition) is 2. The van der Waals surface area contributed by atoms with Crippen molar-refractivity contribution in [3.63, 3.8) is 0 Å².